The summed E-state index contributed by atoms with van der Waals surface area (Å²) >= 11 is 1.36. The summed E-state index contributed by atoms with van der Waals surface area (Å²) in [5.74, 6) is -1.16. The van der Waals surface area contributed by atoms with Crippen molar-refractivity contribution in [1.29, 1.82) is 0 Å². The quantitative estimate of drug-likeness (QED) is 0.894. The van der Waals surface area contributed by atoms with Crippen LogP contribution in [0.15, 0.2) is 28.6 Å². The van der Waals surface area contributed by atoms with E-state index in [2.05, 4.69) is 4.98 Å². The lowest BCUT2D eigenvalue weighted by atomic mass is 10.3. The minimum Gasteiger partial charge on any atom is -0.479 e. The minimum atomic E-state index is -3.73. The van der Waals surface area contributed by atoms with Crippen LogP contribution in [-0.4, -0.2) is 54.6 Å². The second-order valence-electron chi connectivity index (χ2n) is 4.54. The highest BCUT2D eigenvalue weighted by Gasteiger charge is 2.34. The number of hydrogen-bond acceptors (Lipinski definition) is 6. The first kappa shape index (κ1) is 14.4. The Bertz CT molecular complexity index is 786. The molecule has 1 saturated heterocycles. The summed E-state index contributed by atoms with van der Waals surface area (Å²) < 4.78 is 32.1. The zero-order valence-electron chi connectivity index (χ0n) is 10.8. The number of carboxylic acid groups (broad SMARTS) is 1. The zero-order chi connectivity index (χ0) is 15.0. The molecule has 0 spiro atoms. The molecule has 0 aliphatic carbocycles. The molecule has 1 aliphatic heterocycles. The van der Waals surface area contributed by atoms with Crippen molar-refractivity contribution in [2.75, 3.05) is 19.7 Å². The molecule has 0 amide bonds. The van der Waals surface area contributed by atoms with Gasteiger partial charge in [-0.15, -0.1) is 11.3 Å². The number of nitrogens with zero attached hydrogens (tertiary/aromatic N) is 2. The second-order valence-corrected chi connectivity index (χ2v) is 7.37. The maximum absolute atomic E-state index is 12.6. The predicted octanol–water partition coefficient (Wildman–Crippen LogP) is 0.770. The molecule has 3 rings (SSSR count). The number of aromatic nitrogens is 1. The van der Waals surface area contributed by atoms with E-state index in [1.807, 2.05) is 0 Å². The van der Waals surface area contributed by atoms with E-state index < -0.39 is 22.1 Å². The van der Waals surface area contributed by atoms with Crippen LogP contribution < -0.4 is 0 Å². The van der Waals surface area contributed by atoms with Crippen LogP contribution >= 0.6 is 11.3 Å². The maximum atomic E-state index is 12.6. The Morgan fingerprint density at radius 1 is 1.48 bits per heavy atom. The molecular formula is C12H12N2O5S2. The molecular weight excluding hydrogens is 316 g/mol. The number of aliphatic carboxylic acids is 1. The molecule has 1 aliphatic rings. The number of morpholine rings is 1. The molecule has 1 unspecified atom stereocenters. The third-order valence-corrected chi connectivity index (χ3v) is 5.90. The number of ether oxygens (including phenoxy) is 1. The number of thiazole rings is 1. The monoisotopic (exact) mass is 328 g/mol. The lowest BCUT2D eigenvalue weighted by molar-refractivity contribution is -0.153. The molecule has 21 heavy (non-hydrogen) atoms. The van der Waals surface area contributed by atoms with E-state index in [9.17, 15) is 13.2 Å². The van der Waals surface area contributed by atoms with Gasteiger partial charge in [-0.3, -0.25) is 0 Å². The van der Waals surface area contributed by atoms with Crippen molar-refractivity contribution >= 4 is 37.5 Å². The van der Waals surface area contributed by atoms with Gasteiger partial charge in [-0.05, 0) is 18.2 Å². The zero-order valence-corrected chi connectivity index (χ0v) is 12.4. The van der Waals surface area contributed by atoms with E-state index in [-0.39, 0.29) is 24.6 Å². The normalized spacial score (nSPS) is 20.7. The molecule has 0 bridgehead atoms. The van der Waals surface area contributed by atoms with Crippen LogP contribution in [0, 0.1) is 0 Å². The van der Waals surface area contributed by atoms with Crippen LogP contribution in [0.1, 0.15) is 0 Å². The van der Waals surface area contributed by atoms with E-state index in [4.69, 9.17) is 9.84 Å². The Kier molecular flexibility index (Phi) is 3.66. The molecule has 0 radical (unpaired) electrons. The second kappa shape index (κ2) is 5.34. The molecule has 1 atom stereocenters. The first-order valence-electron chi connectivity index (χ1n) is 6.16. The van der Waals surface area contributed by atoms with Crippen molar-refractivity contribution in [1.82, 2.24) is 9.29 Å². The fourth-order valence-electron chi connectivity index (χ4n) is 2.14. The van der Waals surface area contributed by atoms with E-state index in [0.717, 1.165) is 14.5 Å². The molecule has 1 aromatic carbocycles. The first-order valence-corrected chi connectivity index (χ1v) is 8.48. The fraction of sp³-hybridized carbons (Fsp3) is 0.333. The summed E-state index contributed by atoms with van der Waals surface area (Å²) in [5, 5.41) is 8.95. The van der Waals surface area contributed by atoms with Gasteiger partial charge in [0.2, 0.25) is 10.0 Å². The summed E-state index contributed by atoms with van der Waals surface area (Å²) in [6.45, 7) is 0.0320. The average molecular weight is 328 g/mol. The molecule has 7 nitrogen and oxygen atoms in total. The van der Waals surface area contributed by atoms with Crippen molar-refractivity contribution in [3.8, 4) is 0 Å². The molecule has 2 aromatic rings. The SMILES string of the molecule is O=C(O)C1CN(S(=O)(=O)c2ccc3ncsc3c2)CCO1. The number of hydrogen-bond donors (Lipinski definition) is 1. The van der Waals surface area contributed by atoms with Crippen LogP contribution in [0.5, 0.6) is 0 Å². The van der Waals surface area contributed by atoms with Crippen LogP contribution in [0.25, 0.3) is 10.2 Å². The van der Waals surface area contributed by atoms with Gasteiger partial charge in [0.05, 0.1) is 33.8 Å². The van der Waals surface area contributed by atoms with Crippen LogP contribution in [0.4, 0.5) is 0 Å². The number of sulfonamides is 1. The van der Waals surface area contributed by atoms with Gasteiger partial charge in [0.1, 0.15) is 0 Å². The summed E-state index contributed by atoms with van der Waals surface area (Å²) in [7, 11) is -3.73. The van der Waals surface area contributed by atoms with Gasteiger partial charge in [0, 0.05) is 6.54 Å². The Morgan fingerprint density at radius 2 is 2.29 bits per heavy atom. The molecule has 1 aromatic heterocycles. The van der Waals surface area contributed by atoms with Gasteiger partial charge in [0.15, 0.2) is 6.10 Å². The van der Waals surface area contributed by atoms with Gasteiger partial charge < -0.3 is 9.84 Å². The lowest BCUT2D eigenvalue weighted by Gasteiger charge is -2.30. The molecule has 0 saturated carbocycles. The standard InChI is InChI=1S/C12H12N2O5S2/c15-12(16)10-6-14(3-4-19-10)21(17,18)8-1-2-9-11(5-8)20-7-13-9/h1-2,5,7,10H,3-4,6H2,(H,15,16). The van der Waals surface area contributed by atoms with Gasteiger partial charge >= 0.3 is 5.97 Å². The third kappa shape index (κ3) is 2.64. The minimum absolute atomic E-state index is 0.0685. The molecule has 1 fully saturated rings. The lowest BCUT2D eigenvalue weighted by Crippen LogP contribution is -2.48. The van der Waals surface area contributed by atoms with Crippen molar-refractivity contribution in [3.05, 3.63) is 23.7 Å². The fourth-order valence-corrected chi connectivity index (χ4v) is 4.38. The highest BCUT2D eigenvalue weighted by atomic mass is 32.2. The first-order chi connectivity index (χ1) is 9.98. The average Bonchev–Trinajstić information content (AvgIpc) is 2.94. The van der Waals surface area contributed by atoms with Crippen molar-refractivity contribution in [2.45, 2.75) is 11.0 Å². The largest absolute Gasteiger partial charge is 0.479 e. The van der Waals surface area contributed by atoms with E-state index >= 15 is 0 Å². The summed E-state index contributed by atoms with van der Waals surface area (Å²) in [6.07, 6.45) is -1.12. The van der Waals surface area contributed by atoms with Gasteiger partial charge in [-0.2, -0.15) is 4.31 Å². The van der Waals surface area contributed by atoms with Crippen LogP contribution in [-0.2, 0) is 19.6 Å². The highest BCUT2D eigenvalue weighted by molar-refractivity contribution is 7.89. The number of benzene rings is 1. The topological polar surface area (TPSA) is 96.8 Å². The molecule has 1 N–H and O–H groups in total. The molecule has 2 heterocycles. The van der Waals surface area contributed by atoms with E-state index in [1.165, 1.54) is 17.4 Å². The van der Waals surface area contributed by atoms with E-state index in [1.54, 1.807) is 17.6 Å². The summed E-state index contributed by atoms with van der Waals surface area (Å²) in [5.41, 5.74) is 2.39. The number of carboxylic acids is 1. The van der Waals surface area contributed by atoms with Gasteiger partial charge in [-0.25, -0.2) is 18.2 Å². The Hall–Kier alpha value is -1.55. The van der Waals surface area contributed by atoms with Crippen LogP contribution in [0.2, 0.25) is 0 Å². The third-order valence-electron chi connectivity index (χ3n) is 3.25. The Labute approximate surface area is 124 Å². The van der Waals surface area contributed by atoms with Crippen molar-refractivity contribution in [2.24, 2.45) is 0 Å². The van der Waals surface area contributed by atoms with E-state index in [0.29, 0.717) is 0 Å². The molecule has 112 valence electrons. The van der Waals surface area contributed by atoms with Crippen LogP contribution in [0.3, 0.4) is 0 Å². The predicted molar refractivity (Wildman–Crippen MR) is 75.8 cm³/mol. The molecule has 9 heteroatoms. The maximum Gasteiger partial charge on any atom is 0.334 e. The van der Waals surface area contributed by atoms with Gasteiger partial charge in [-0.1, -0.05) is 0 Å². The van der Waals surface area contributed by atoms with Gasteiger partial charge in [0.25, 0.3) is 0 Å². The number of carbonyl (C=O) groups is 1. The highest BCUT2D eigenvalue weighted by Crippen LogP contribution is 2.25. The summed E-state index contributed by atoms with van der Waals surface area (Å²) in [6, 6.07) is 4.70. The van der Waals surface area contributed by atoms with Crippen molar-refractivity contribution < 1.29 is 23.1 Å². The Balaban J connectivity index is 1.93. The number of rotatable bonds is 3. The summed E-state index contributed by atoms with van der Waals surface area (Å²) in [4.78, 5) is 15.2. The Morgan fingerprint density at radius 3 is 3.05 bits per heavy atom. The number of fused-ring (bicyclic) bond motifs is 1. The van der Waals surface area contributed by atoms with Crippen molar-refractivity contribution in [3.63, 3.8) is 0 Å². The smallest absolute Gasteiger partial charge is 0.334 e.